The van der Waals surface area contributed by atoms with E-state index in [4.69, 9.17) is 4.99 Å². The van der Waals surface area contributed by atoms with Crippen LogP contribution in [-0.4, -0.2) is 22.1 Å². The Labute approximate surface area is 143 Å². The SMILES string of the molecule is CC1(C)N=C(CC(=O)c2ccccc2O)c2ccccc2C1(C)C. The van der Waals surface area contributed by atoms with Crippen molar-refractivity contribution < 1.29 is 9.90 Å². The fourth-order valence-electron chi connectivity index (χ4n) is 3.24. The summed E-state index contributed by atoms with van der Waals surface area (Å²) < 4.78 is 0. The number of ketones is 1. The number of rotatable bonds is 3. The van der Waals surface area contributed by atoms with Crippen LogP contribution in [0, 0.1) is 0 Å². The van der Waals surface area contributed by atoms with Crippen molar-refractivity contribution in [2.45, 2.75) is 45.1 Å². The monoisotopic (exact) mass is 321 g/mol. The van der Waals surface area contributed by atoms with E-state index in [1.54, 1.807) is 18.2 Å². The molecule has 1 N–H and O–H groups in total. The summed E-state index contributed by atoms with van der Waals surface area (Å²) in [5, 5.41) is 9.93. The molecule has 0 fully saturated rings. The highest BCUT2D eigenvalue weighted by atomic mass is 16.3. The molecule has 3 heteroatoms. The molecule has 1 heterocycles. The fraction of sp³-hybridized carbons (Fsp3) is 0.333. The molecule has 0 aromatic heterocycles. The first-order valence-electron chi connectivity index (χ1n) is 8.24. The number of phenolic OH excluding ortho intramolecular Hbond substituents is 1. The maximum Gasteiger partial charge on any atom is 0.172 e. The topological polar surface area (TPSA) is 49.7 Å². The first-order valence-corrected chi connectivity index (χ1v) is 8.24. The Balaban J connectivity index is 2.04. The van der Waals surface area contributed by atoms with E-state index in [0.29, 0.717) is 5.56 Å². The van der Waals surface area contributed by atoms with Gasteiger partial charge in [0.2, 0.25) is 0 Å². The molecule has 0 radical (unpaired) electrons. The van der Waals surface area contributed by atoms with E-state index >= 15 is 0 Å². The number of benzene rings is 2. The quantitative estimate of drug-likeness (QED) is 0.845. The van der Waals surface area contributed by atoms with E-state index in [0.717, 1.165) is 11.3 Å². The van der Waals surface area contributed by atoms with Crippen LogP contribution in [0.4, 0.5) is 0 Å². The number of hydrogen-bond donors (Lipinski definition) is 1. The predicted octanol–water partition coefficient (Wildman–Crippen LogP) is 4.52. The number of carbonyl (C=O) groups is 1. The predicted molar refractivity (Wildman–Crippen MR) is 97.1 cm³/mol. The zero-order valence-corrected chi connectivity index (χ0v) is 14.6. The Kier molecular flexibility index (Phi) is 3.83. The van der Waals surface area contributed by atoms with Crippen LogP contribution in [0.25, 0.3) is 0 Å². The van der Waals surface area contributed by atoms with Crippen molar-refractivity contribution in [1.82, 2.24) is 0 Å². The number of Topliss-reactive ketones (excluding diaryl/α,β-unsaturated/α-hetero) is 1. The van der Waals surface area contributed by atoms with Crippen LogP contribution in [0.3, 0.4) is 0 Å². The minimum Gasteiger partial charge on any atom is -0.507 e. The highest BCUT2D eigenvalue weighted by Crippen LogP contribution is 2.43. The summed E-state index contributed by atoms with van der Waals surface area (Å²) in [6.07, 6.45) is 0.189. The van der Waals surface area contributed by atoms with Crippen molar-refractivity contribution >= 4 is 11.5 Å². The van der Waals surface area contributed by atoms with E-state index in [1.165, 1.54) is 11.6 Å². The Morgan fingerprint density at radius 1 is 1.00 bits per heavy atom. The molecule has 0 saturated carbocycles. The lowest BCUT2D eigenvalue weighted by molar-refractivity contribution is 0.0997. The molecule has 0 aliphatic carbocycles. The van der Waals surface area contributed by atoms with Crippen LogP contribution in [0.2, 0.25) is 0 Å². The van der Waals surface area contributed by atoms with E-state index in [2.05, 4.69) is 33.8 Å². The normalized spacial score (nSPS) is 17.8. The molecule has 24 heavy (non-hydrogen) atoms. The van der Waals surface area contributed by atoms with Gasteiger partial charge in [-0.05, 0) is 37.1 Å². The van der Waals surface area contributed by atoms with Gasteiger partial charge in [0.25, 0.3) is 0 Å². The molecule has 0 atom stereocenters. The second kappa shape index (κ2) is 5.59. The summed E-state index contributed by atoms with van der Waals surface area (Å²) in [7, 11) is 0. The molecule has 3 rings (SSSR count). The molecule has 1 aliphatic rings. The zero-order chi connectivity index (χ0) is 17.5. The highest BCUT2D eigenvalue weighted by Gasteiger charge is 2.43. The third-order valence-corrected chi connectivity index (χ3v) is 5.39. The Morgan fingerprint density at radius 3 is 2.33 bits per heavy atom. The van der Waals surface area contributed by atoms with Crippen LogP contribution in [0.5, 0.6) is 5.75 Å². The molecule has 1 aliphatic heterocycles. The molecular weight excluding hydrogens is 298 g/mol. The number of carbonyl (C=O) groups excluding carboxylic acids is 1. The molecule has 0 unspecified atom stereocenters. The maximum absolute atomic E-state index is 12.7. The fourth-order valence-corrected chi connectivity index (χ4v) is 3.24. The third-order valence-electron chi connectivity index (χ3n) is 5.39. The first kappa shape index (κ1) is 16.4. The molecule has 0 spiro atoms. The van der Waals surface area contributed by atoms with Gasteiger partial charge < -0.3 is 5.11 Å². The van der Waals surface area contributed by atoms with Crippen LogP contribution in [-0.2, 0) is 5.41 Å². The van der Waals surface area contributed by atoms with Gasteiger partial charge in [0.1, 0.15) is 5.75 Å². The average Bonchev–Trinajstić information content (AvgIpc) is 2.53. The maximum atomic E-state index is 12.7. The van der Waals surface area contributed by atoms with Crippen LogP contribution in [0.15, 0.2) is 53.5 Å². The van der Waals surface area contributed by atoms with Gasteiger partial charge in [0.15, 0.2) is 5.78 Å². The van der Waals surface area contributed by atoms with Gasteiger partial charge in [-0.3, -0.25) is 9.79 Å². The Hall–Kier alpha value is -2.42. The van der Waals surface area contributed by atoms with Crippen molar-refractivity contribution in [3.8, 4) is 5.75 Å². The minimum absolute atomic E-state index is 0.0202. The lowest BCUT2D eigenvalue weighted by atomic mass is 9.66. The van der Waals surface area contributed by atoms with Crippen molar-refractivity contribution in [1.29, 1.82) is 0 Å². The number of hydrogen-bond acceptors (Lipinski definition) is 3. The minimum atomic E-state index is -0.310. The smallest absolute Gasteiger partial charge is 0.172 e. The highest BCUT2D eigenvalue weighted by molar-refractivity contribution is 6.17. The molecule has 0 bridgehead atoms. The number of fused-ring (bicyclic) bond motifs is 1. The lowest BCUT2D eigenvalue weighted by Gasteiger charge is -2.44. The van der Waals surface area contributed by atoms with Crippen LogP contribution in [0.1, 0.15) is 55.6 Å². The number of nitrogens with zero attached hydrogens (tertiary/aromatic N) is 1. The molecular formula is C21H23NO2. The molecule has 0 amide bonds. The van der Waals surface area contributed by atoms with Crippen molar-refractivity contribution in [2.24, 2.45) is 4.99 Å². The van der Waals surface area contributed by atoms with Gasteiger partial charge in [0, 0.05) is 5.41 Å². The summed E-state index contributed by atoms with van der Waals surface area (Å²) in [4.78, 5) is 17.6. The summed E-state index contributed by atoms with van der Waals surface area (Å²) >= 11 is 0. The van der Waals surface area contributed by atoms with Crippen molar-refractivity contribution in [2.75, 3.05) is 0 Å². The standard InChI is InChI=1S/C21H23NO2/c1-20(2)16-11-7-5-9-14(16)17(22-21(20,3)4)13-19(24)15-10-6-8-12-18(15)23/h5-12,23H,13H2,1-4H3. The van der Waals surface area contributed by atoms with Gasteiger partial charge in [0.05, 0.1) is 23.2 Å². The van der Waals surface area contributed by atoms with Gasteiger partial charge >= 0.3 is 0 Å². The largest absolute Gasteiger partial charge is 0.507 e. The average molecular weight is 321 g/mol. The summed E-state index contributed by atoms with van der Waals surface area (Å²) in [6, 6.07) is 14.8. The number of aromatic hydroxyl groups is 1. The van der Waals surface area contributed by atoms with Gasteiger partial charge in [-0.15, -0.1) is 0 Å². The number of phenols is 1. The van der Waals surface area contributed by atoms with Gasteiger partial charge in [-0.25, -0.2) is 0 Å². The summed E-state index contributed by atoms with van der Waals surface area (Å²) in [6.45, 7) is 8.59. The van der Waals surface area contributed by atoms with Crippen LogP contribution >= 0.6 is 0 Å². The van der Waals surface area contributed by atoms with E-state index in [1.807, 2.05) is 18.2 Å². The van der Waals surface area contributed by atoms with E-state index in [9.17, 15) is 9.90 Å². The number of aliphatic imine (C=N–C) groups is 1. The van der Waals surface area contributed by atoms with E-state index in [-0.39, 0.29) is 28.9 Å². The van der Waals surface area contributed by atoms with Crippen molar-refractivity contribution in [3.05, 3.63) is 65.2 Å². The third kappa shape index (κ3) is 2.54. The molecule has 3 nitrogen and oxygen atoms in total. The lowest BCUT2D eigenvalue weighted by Crippen LogP contribution is -2.46. The molecule has 124 valence electrons. The summed E-state index contributed by atoms with van der Waals surface area (Å²) in [5.41, 5.74) is 2.96. The second-order valence-corrected chi connectivity index (χ2v) is 7.41. The van der Waals surface area contributed by atoms with Crippen LogP contribution < -0.4 is 0 Å². The zero-order valence-electron chi connectivity index (χ0n) is 14.6. The van der Waals surface area contributed by atoms with Crippen molar-refractivity contribution in [3.63, 3.8) is 0 Å². The Morgan fingerprint density at radius 2 is 1.62 bits per heavy atom. The molecule has 2 aromatic carbocycles. The Bertz CT molecular complexity index is 831. The van der Waals surface area contributed by atoms with E-state index < -0.39 is 0 Å². The second-order valence-electron chi connectivity index (χ2n) is 7.41. The van der Waals surface area contributed by atoms with Gasteiger partial charge in [-0.2, -0.15) is 0 Å². The first-order chi connectivity index (χ1) is 11.2. The number of para-hydroxylation sites is 1. The summed E-state index contributed by atoms with van der Waals surface area (Å²) in [5.74, 6) is -0.0936. The molecule has 0 saturated heterocycles. The van der Waals surface area contributed by atoms with Gasteiger partial charge in [-0.1, -0.05) is 50.2 Å². The molecule has 2 aromatic rings.